The van der Waals surface area contributed by atoms with Crippen molar-refractivity contribution < 1.29 is 0 Å². The van der Waals surface area contributed by atoms with Gasteiger partial charge in [-0.15, -0.1) is 0 Å². The van der Waals surface area contributed by atoms with Crippen molar-refractivity contribution in [2.75, 3.05) is 0 Å². The fourth-order valence-corrected chi connectivity index (χ4v) is 1.59. The molecule has 1 aromatic rings. The van der Waals surface area contributed by atoms with Gasteiger partial charge in [0.05, 0.1) is 0 Å². The van der Waals surface area contributed by atoms with Gasteiger partial charge in [0.1, 0.15) is 0 Å². The molecule has 0 fully saturated rings. The van der Waals surface area contributed by atoms with Gasteiger partial charge in [-0.05, 0) is 23.0 Å². The van der Waals surface area contributed by atoms with Crippen LogP contribution in [0.25, 0.3) is 0 Å². The highest BCUT2D eigenvalue weighted by molar-refractivity contribution is 5.26. The van der Waals surface area contributed by atoms with E-state index in [2.05, 4.69) is 34.6 Å². The molecule has 1 heterocycles. The van der Waals surface area contributed by atoms with E-state index in [4.69, 9.17) is 0 Å². The summed E-state index contributed by atoms with van der Waals surface area (Å²) in [6.45, 7) is 10.5. The van der Waals surface area contributed by atoms with Crippen molar-refractivity contribution in [1.29, 1.82) is 0 Å². The second kappa shape index (κ2) is 3.84. The topological polar surface area (TPSA) is 22.0 Å². The molecule has 0 atom stereocenters. The van der Waals surface area contributed by atoms with Crippen LogP contribution in [0.4, 0.5) is 0 Å². The number of hydrogen-bond donors (Lipinski definition) is 0. The Hall–Kier alpha value is -1.05. The van der Waals surface area contributed by atoms with E-state index in [-0.39, 0.29) is 11.0 Å². The van der Waals surface area contributed by atoms with E-state index in [9.17, 15) is 4.79 Å². The number of hydrogen-bond acceptors (Lipinski definition) is 1. The Morgan fingerprint density at radius 2 is 1.80 bits per heavy atom. The smallest absolute Gasteiger partial charge is 0.254 e. The predicted octanol–water partition coefficient (Wildman–Crippen LogP) is 2.81. The standard InChI is InChI=1S/C13H21NO/c1-9(2)10-7-11(13(3,4)5)12(15)14(6)8-10/h7-9H,1-6H3. The van der Waals surface area contributed by atoms with Crippen molar-refractivity contribution in [2.45, 2.75) is 46.0 Å². The molecule has 0 N–H and O–H groups in total. The molecule has 0 aliphatic heterocycles. The lowest BCUT2D eigenvalue weighted by Gasteiger charge is -2.20. The molecule has 0 aromatic carbocycles. The molecule has 2 heteroatoms. The van der Waals surface area contributed by atoms with Gasteiger partial charge in [0.2, 0.25) is 0 Å². The number of rotatable bonds is 1. The molecular formula is C13H21NO. The maximum atomic E-state index is 12.0. The highest BCUT2D eigenvalue weighted by Crippen LogP contribution is 2.22. The van der Waals surface area contributed by atoms with Gasteiger partial charge in [-0.3, -0.25) is 4.79 Å². The molecule has 2 nitrogen and oxygen atoms in total. The second-order valence-corrected chi connectivity index (χ2v) is 5.51. The molecule has 84 valence electrons. The van der Waals surface area contributed by atoms with E-state index >= 15 is 0 Å². The molecular weight excluding hydrogens is 186 g/mol. The SMILES string of the molecule is CC(C)c1cc(C(C)(C)C)c(=O)n(C)c1. The number of aryl methyl sites for hydroxylation is 1. The van der Waals surface area contributed by atoms with Gasteiger partial charge in [0, 0.05) is 18.8 Å². The van der Waals surface area contributed by atoms with Crippen LogP contribution >= 0.6 is 0 Å². The Bertz CT molecular complexity index is 408. The minimum atomic E-state index is -0.0836. The fraction of sp³-hybridized carbons (Fsp3) is 0.615. The summed E-state index contributed by atoms with van der Waals surface area (Å²) in [5.74, 6) is 0.456. The molecule has 15 heavy (non-hydrogen) atoms. The molecule has 0 radical (unpaired) electrons. The van der Waals surface area contributed by atoms with Crippen LogP contribution in [0.1, 0.15) is 51.7 Å². The summed E-state index contributed by atoms with van der Waals surface area (Å²) in [4.78, 5) is 12.0. The van der Waals surface area contributed by atoms with E-state index in [0.717, 1.165) is 5.56 Å². The second-order valence-electron chi connectivity index (χ2n) is 5.51. The Morgan fingerprint density at radius 3 is 2.20 bits per heavy atom. The molecule has 0 amide bonds. The first-order valence-corrected chi connectivity index (χ1v) is 5.44. The van der Waals surface area contributed by atoms with Gasteiger partial charge < -0.3 is 4.57 Å². The highest BCUT2D eigenvalue weighted by Gasteiger charge is 2.19. The average molecular weight is 207 g/mol. The minimum Gasteiger partial charge on any atom is -0.318 e. The molecule has 0 bridgehead atoms. The third-order valence-electron chi connectivity index (χ3n) is 2.68. The summed E-state index contributed by atoms with van der Waals surface area (Å²) in [6.07, 6.45) is 1.93. The lowest BCUT2D eigenvalue weighted by molar-refractivity contribution is 0.570. The first-order chi connectivity index (χ1) is 6.73. The van der Waals surface area contributed by atoms with Gasteiger partial charge in [-0.1, -0.05) is 34.6 Å². The van der Waals surface area contributed by atoms with Crippen molar-refractivity contribution in [1.82, 2.24) is 4.57 Å². The lowest BCUT2D eigenvalue weighted by atomic mass is 9.86. The minimum absolute atomic E-state index is 0.0836. The summed E-state index contributed by atoms with van der Waals surface area (Å²) in [5, 5.41) is 0. The van der Waals surface area contributed by atoms with Crippen LogP contribution in [0, 0.1) is 0 Å². The van der Waals surface area contributed by atoms with Crippen LogP contribution in [0.2, 0.25) is 0 Å². The monoisotopic (exact) mass is 207 g/mol. The fourth-order valence-electron chi connectivity index (χ4n) is 1.59. The summed E-state index contributed by atoms with van der Waals surface area (Å²) in [6, 6.07) is 2.05. The molecule has 0 unspecified atom stereocenters. The number of aromatic nitrogens is 1. The Kier molecular flexibility index (Phi) is 3.08. The molecule has 0 aliphatic carbocycles. The maximum absolute atomic E-state index is 12.0. The molecule has 0 saturated carbocycles. The zero-order valence-corrected chi connectivity index (χ0v) is 10.6. The van der Waals surface area contributed by atoms with Gasteiger partial charge in [0.25, 0.3) is 5.56 Å². The van der Waals surface area contributed by atoms with Crippen molar-refractivity contribution in [3.05, 3.63) is 33.7 Å². The summed E-state index contributed by atoms with van der Waals surface area (Å²) in [7, 11) is 1.82. The quantitative estimate of drug-likeness (QED) is 0.694. The molecule has 0 aliphatic rings. The molecule has 1 aromatic heterocycles. The summed E-state index contributed by atoms with van der Waals surface area (Å²) >= 11 is 0. The third-order valence-corrected chi connectivity index (χ3v) is 2.68. The number of nitrogens with zero attached hydrogens (tertiary/aromatic N) is 1. The summed E-state index contributed by atoms with van der Waals surface area (Å²) in [5.41, 5.74) is 2.16. The van der Waals surface area contributed by atoms with E-state index in [0.29, 0.717) is 5.92 Å². The van der Waals surface area contributed by atoms with Gasteiger partial charge >= 0.3 is 0 Å². The van der Waals surface area contributed by atoms with Crippen molar-refractivity contribution >= 4 is 0 Å². The zero-order valence-electron chi connectivity index (χ0n) is 10.6. The molecule has 0 saturated heterocycles. The normalized spacial score (nSPS) is 12.2. The largest absolute Gasteiger partial charge is 0.318 e. The van der Waals surface area contributed by atoms with Gasteiger partial charge in [-0.2, -0.15) is 0 Å². The summed E-state index contributed by atoms with van der Waals surface area (Å²) < 4.78 is 1.69. The van der Waals surface area contributed by atoms with E-state index < -0.39 is 0 Å². The Balaban J connectivity index is 3.46. The van der Waals surface area contributed by atoms with Crippen LogP contribution in [-0.2, 0) is 12.5 Å². The van der Waals surface area contributed by atoms with Crippen LogP contribution in [-0.4, -0.2) is 4.57 Å². The predicted molar refractivity (Wildman–Crippen MR) is 64.5 cm³/mol. The Morgan fingerprint density at radius 1 is 1.27 bits per heavy atom. The van der Waals surface area contributed by atoms with Crippen LogP contribution in [0.15, 0.2) is 17.1 Å². The van der Waals surface area contributed by atoms with Crippen molar-refractivity contribution in [2.24, 2.45) is 7.05 Å². The zero-order chi connectivity index (χ0) is 11.8. The first kappa shape index (κ1) is 12.0. The molecule has 1 rings (SSSR count). The van der Waals surface area contributed by atoms with Crippen molar-refractivity contribution in [3.63, 3.8) is 0 Å². The first-order valence-electron chi connectivity index (χ1n) is 5.44. The maximum Gasteiger partial charge on any atom is 0.254 e. The van der Waals surface area contributed by atoms with Crippen molar-refractivity contribution in [3.8, 4) is 0 Å². The van der Waals surface area contributed by atoms with Crippen LogP contribution < -0.4 is 5.56 Å². The van der Waals surface area contributed by atoms with E-state index in [1.807, 2.05) is 19.3 Å². The third kappa shape index (κ3) is 2.49. The van der Waals surface area contributed by atoms with E-state index in [1.165, 1.54) is 5.56 Å². The number of pyridine rings is 1. The lowest BCUT2D eigenvalue weighted by Crippen LogP contribution is -2.29. The van der Waals surface area contributed by atoms with Crippen LogP contribution in [0.5, 0.6) is 0 Å². The van der Waals surface area contributed by atoms with Gasteiger partial charge in [-0.25, -0.2) is 0 Å². The van der Waals surface area contributed by atoms with Crippen LogP contribution in [0.3, 0.4) is 0 Å². The highest BCUT2D eigenvalue weighted by atomic mass is 16.1. The molecule has 0 spiro atoms. The Labute approximate surface area is 91.9 Å². The van der Waals surface area contributed by atoms with Gasteiger partial charge in [0.15, 0.2) is 0 Å². The van der Waals surface area contributed by atoms with E-state index in [1.54, 1.807) is 4.57 Å². The average Bonchev–Trinajstić information content (AvgIpc) is 2.06.